The van der Waals surface area contributed by atoms with Crippen molar-refractivity contribution in [3.63, 3.8) is 0 Å². The van der Waals surface area contributed by atoms with E-state index in [1.54, 1.807) is 0 Å². The SMILES string of the molecule is C=C(CN=C=O)CC1CCCNC1. The van der Waals surface area contributed by atoms with Crippen molar-refractivity contribution in [2.24, 2.45) is 10.9 Å². The monoisotopic (exact) mass is 180 g/mol. The van der Waals surface area contributed by atoms with E-state index in [0.29, 0.717) is 12.5 Å². The molecule has 1 fully saturated rings. The van der Waals surface area contributed by atoms with E-state index in [1.165, 1.54) is 18.9 Å². The number of isocyanates is 1. The molecule has 0 radical (unpaired) electrons. The smallest absolute Gasteiger partial charge is 0.235 e. The van der Waals surface area contributed by atoms with E-state index < -0.39 is 0 Å². The number of hydrogen-bond acceptors (Lipinski definition) is 3. The van der Waals surface area contributed by atoms with Crippen molar-refractivity contribution in [2.75, 3.05) is 19.6 Å². The summed E-state index contributed by atoms with van der Waals surface area (Å²) in [6, 6.07) is 0. The van der Waals surface area contributed by atoms with Crippen molar-refractivity contribution >= 4 is 6.08 Å². The molecule has 72 valence electrons. The molecule has 3 nitrogen and oxygen atoms in total. The lowest BCUT2D eigenvalue weighted by Gasteiger charge is -2.22. The highest BCUT2D eigenvalue weighted by Gasteiger charge is 2.13. The van der Waals surface area contributed by atoms with Crippen molar-refractivity contribution in [3.8, 4) is 0 Å². The van der Waals surface area contributed by atoms with E-state index in [1.807, 2.05) is 0 Å². The predicted molar refractivity (Wildman–Crippen MR) is 52.3 cm³/mol. The second kappa shape index (κ2) is 5.68. The van der Waals surface area contributed by atoms with Crippen LogP contribution in [0.1, 0.15) is 19.3 Å². The van der Waals surface area contributed by atoms with E-state index >= 15 is 0 Å². The lowest BCUT2D eigenvalue weighted by atomic mass is 9.93. The molecule has 1 aliphatic heterocycles. The van der Waals surface area contributed by atoms with Gasteiger partial charge in [0.05, 0.1) is 6.54 Å². The number of nitrogens with zero attached hydrogens (tertiary/aromatic N) is 1. The van der Waals surface area contributed by atoms with Gasteiger partial charge in [-0.1, -0.05) is 12.2 Å². The second-order valence-corrected chi connectivity index (χ2v) is 3.57. The van der Waals surface area contributed by atoms with Crippen LogP contribution in [0.2, 0.25) is 0 Å². The molecule has 0 aromatic rings. The molecule has 0 saturated carbocycles. The van der Waals surface area contributed by atoms with E-state index in [-0.39, 0.29) is 0 Å². The zero-order valence-corrected chi connectivity index (χ0v) is 7.88. The number of piperidine rings is 1. The predicted octanol–water partition coefficient (Wildman–Crippen LogP) is 1.27. The third kappa shape index (κ3) is 4.02. The Hall–Kier alpha value is -0.920. The zero-order chi connectivity index (χ0) is 9.52. The van der Waals surface area contributed by atoms with Gasteiger partial charge in [-0.05, 0) is 38.3 Å². The third-order valence-corrected chi connectivity index (χ3v) is 2.34. The van der Waals surface area contributed by atoms with Crippen LogP contribution >= 0.6 is 0 Å². The molecular formula is C10H16N2O. The Morgan fingerprint density at radius 2 is 2.54 bits per heavy atom. The first kappa shape index (κ1) is 10.2. The quantitative estimate of drug-likeness (QED) is 0.402. The van der Waals surface area contributed by atoms with Crippen LogP contribution in [0.3, 0.4) is 0 Å². The molecule has 0 aliphatic carbocycles. The van der Waals surface area contributed by atoms with Crippen LogP contribution in [0.5, 0.6) is 0 Å². The van der Waals surface area contributed by atoms with Gasteiger partial charge in [0.2, 0.25) is 6.08 Å². The largest absolute Gasteiger partial charge is 0.316 e. The lowest BCUT2D eigenvalue weighted by molar-refractivity contribution is 0.374. The van der Waals surface area contributed by atoms with Crippen molar-refractivity contribution in [3.05, 3.63) is 12.2 Å². The number of aliphatic imine (C=N–C) groups is 1. The van der Waals surface area contributed by atoms with Crippen LogP contribution in [-0.4, -0.2) is 25.7 Å². The highest BCUT2D eigenvalue weighted by Crippen LogP contribution is 2.17. The van der Waals surface area contributed by atoms with Crippen LogP contribution in [0.25, 0.3) is 0 Å². The lowest BCUT2D eigenvalue weighted by Crippen LogP contribution is -2.30. The molecule has 0 aromatic heterocycles. The number of rotatable bonds is 4. The Balaban J connectivity index is 2.21. The normalized spacial score (nSPS) is 22.0. The Labute approximate surface area is 78.9 Å². The Morgan fingerprint density at radius 1 is 1.69 bits per heavy atom. The van der Waals surface area contributed by atoms with E-state index in [2.05, 4.69) is 16.9 Å². The van der Waals surface area contributed by atoms with Gasteiger partial charge in [0.25, 0.3) is 0 Å². The highest BCUT2D eigenvalue weighted by molar-refractivity contribution is 5.33. The molecular weight excluding hydrogens is 164 g/mol. The molecule has 3 heteroatoms. The van der Waals surface area contributed by atoms with Gasteiger partial charge in [-0.3, -0.25) is 0 Å². The van der Waals surface area contributed by atoms with Crippen LogP contribution in [-0.2, 0) is 4.79 Å². The summed E-state index contributed by atoms with van der Waals surface area (Å²) in [6.45, 7) is 6.54. The standard InChI is InChI=1S/C10H16N2O/c1-9(6-12-8-13)5-10-3-2-4-11-7-10/h10-11H,1-7H2. The van der Waals surface area contributed by atoms with Gasteiger partial charge in [0, 0.05) is 0 Å². The summed E-state index contributed by atoms with van der Waals surface area (Å²) < 4.78 is 0. The molecule has 1 unspecified atom stereocenters. The van der Waals surface area contributed by atoms with Gasteiger partial charge in [-0.25, -0.2) is 9.79 Å². The van der Waals surface area contributed by atoms with Gasteiger partial charge < -0.3 is 5.32 Å². The van der Waals surface area contributed by atoms with Crippen molar-refractivity contribution in [1.82, 2.24) is 5.32 Å². The summed E-state index contributed by atoms with van der Waals surface area (Å²) in [6.07, 6.45) is 5.02. The van der Waals surface area contributed by atoms with Crippen LogP contribution in [0, 0.1) is 5.92 Å². The maximum absolute atomic E-state index is 9.86. The van der Waals surface area contributed by atoms with Crippen LogP contribution < -0.4 is 5.32 Å². The zero-order valence-electron chi connectivity index (χ0n) is 7.88. The third-order valence-electron chi connectivity index (χ3n) is 2.34. The van der Waals surface area contributed by atoms with Crippen molar-refractivity contribution in [2.45, 2.75) is 19.3 Å². The minimum Gasteiger partial charge on any atom is -0.316 e. The minimum absolute atomic E-state index is 0.444. The van der Waals surface area contributed by atoms with Crippen molar-refractivity contribution < 1.29 is 4.79 Å². The molecule has 1 saturated heterocycles. The first-order chi connectivity index (χ1) is 6.33. The highest BCUT2D eigenvalue weighted by atomic mass is 16.1. The van der Waals surface area contributed by atoms with Gasteiger partial charge >= 0.3 is 0 Å². The first-order valence-electron chi connectivity index (χ1n) is 4.74. The fourth-order valence-electron chi connectivity index (χ4n) is 1.72. The number of hydrogen-bond donors (Lipinski definition) is 1. The summed E-state index contributed by atoms with van der Waals surface area (Å²) in [4.78, 5) is 13.4. The summed E-state index contributed by atoms with van der Waals surface area (Å²) in [5.41, 5.74) is 1.04. The molecule has 1 atom stereocenters. The Bertz CT molecular complexity index is 213. The van der Waals surface area contributed by atoms with E-state index in [0.717, 1.165) is 25.1 Å². The number of nitrogens with one attached hydrogen (secondary N) is 1. The average Bonchev–Trinajstić information content (AvgIpc) is 2.16. The molecule has 1 heterocycles. The fourth-order valence-corrected chi connectivity index (χ4v) is 1.72. The summed E-state index contributed by atoms with van der Waals surface area (Å²) >= 11 is 0. The molecule has 0 spiro atoms. The topological polar surface area (TPSA) is 41.5 Å². The van der Waals surface area contributed by atoms with Gasteiger partial charge in [-0.2, -0.15) is 0 Å². The van der Waals surface area contributed by atoms with Gasteiger partial charge in [0.15, 0.2) is 0 Å². The minimum atomic E-state index is 0.444. The molecule has 1 aliphatic rings. The maximum atomic E-state index is 9.86. The first-order valence-corrected chi connectivity index (χ1v) is 4.74. The van der Waals surface area contributed by atoms with Gasteiger partial charge in [0.1, 0.15) is 0 Å². The maximum Gasteiger partial charge on any atom is 0.235 e. The molecule has 0 aromatic carbocycles. The van der Waals surface area contributed by atoms with Gasteiger partial charge in [-0.15, -0.1) is 0 Å². The van der Waals surface area contributed by atoms with Crippen molar-refractivity contribution in [1.29, 1.82) is 0 Å². The second-order valence-electron chi connectivity index (χ2n) is 3.57. The number of carbonyl (C=O) groups excluding carboxylic acids is 1. The molecule has 0 amide bonds. The van der Waals surface area contributed by atoms with Crippen LogP contribution in [0.4, 0.5) is 0 Å². The van der Waals surface area contributed by atoms with E-state index in [4.69, 9.17) is 0 Å². The summed E-state index contributed by atoms with van der Waals surface area (Å²) in [7, 11) is 0. The molecule has 1 rings (SSSR count). The van der Waals surface area contributed by atoms with Crippen LogP contribution in [0.15, 0.2) is 17.1 Å². The average molecular weight is 180 g/mol. The molecule has 0 bridgehead atoms. The summed E-state index contributed by atoms with van der Waals surface area (Å²) in [5, 5.41) is 3.35. The molecule has 13 heavy (non-hydrogen) atoms. The van der Waals surface area contributed by atoms with E-state index in [9.17, 15) is 4.79 Å². The Morgan fingerprint density at radius 3 is 3.15 bits per heavy atom. The molecule has 1 N–H and O–H groups in total. The Kier molecular flexibility index (Phi) is 4.44. The summed E-state index contributed by atoms with van der Waals surface area (Å²) in [5.74, 6) is 0.683. The fraction of sp³-hybridized carbons (Fsp3) is 0.700.